The van der Waals surface area contributed by atoms with Gasteiger partial charge in [-0.3, -0.25) is 0 Å². The normalized spacial score (nSPS) is 20.5. The van der Waals surface area contributed by atoms with Gasteiger partial charge < -0.3 is 4.90 Å². The molecule has 0 aromatic heterocycles. The quantitative estimate of drug-likeness (QED) is 0.746. The van der Waals surface area contributed by atoms with E-state index < -0.39 is 0 Å². The smallest absolute Gasteiger partial charge is 0.0359 e. The summed E-state index contributed by atoms with van der Waals surface area (Å²) in [7, 11) is 2.11. The van der Waals surface area contributed by atoms with Crippen molar-refractivity contribution in [3.63, 3.8) is 0 Å². The van der Waals surface area contributed by atoms with Crippen molar-refractivity contribution in [3.05, 3.63) is 53.7 Å². The molecular weight excluding hydrogens is 230 g/mol. The van der Waals surface area contributed by atoms with E-state index in [1.165, 1.54) is 43.2 Å². The number of benzene rings is 1. The summed E-state index contributed by atoms with van der Waals surface area (Å²) in [6.45, 7) is 1.01. The molecule has 1 aliphatic heterocycles. The lowest BCUT2D eigenvalue weighted by atomic mass is 9.83. The van der Waals surface area contributed by atoms with Crippen LogP contribution in [0.5, 0.6) is 0 Å². The molecule has 1 aromatic carbocycles. The highest BCUT2D eigenvalue weighted by atomic mass is 15.1. The molecule has 2 aliphatic rings. The van der Waals surface area contributed by atoms with Crippen molar-refractivity contribution in [2.45, 2.75) is 38.0 Å². The largest absolute Gasteiger partial charge is 0.377 e. The lowest BCUT2D eigenvalue weighted by Gasteiger charge is -2.22. The van der Waals surface area contributed by atoms with Gasteiger partial charge in [0, 0.05) is 13.6 Å². The minimum absolute atomic E-state index is 0.810. The lowest BCUT2D eigenvalue weighted by molar-refractivity contribution is 0.443. The first-order chi connectivity index (χ1) is 9.33. The first-order valence-corrected chi connectivity index (χ1v) is 7.52. The molecular formula is C18H23N. The van der Waals surface area contributed by atoms with Crippen molar-refractivity contribution in [1.82, 2.24) is 4.90 Å². The highest BCUT2D eigenvalue weighted by Gasteiger charge is 2.15. The third-order valence-electron chi connectivity index (χ3n) is 4.43. The van der Waals surface area contributed by atoms with E-state index in [4.69, 9.17) is 0 Å². The molecule has 100 valence electrons. The van der Waals surface area contributed by atoms with Crippen LogP contribution in [0.15, 0.2) is 42.6 Å². The molecule has 1 heteroatoms. The first kappa shape index (κ1) is 12.5. The standard InChI is InChI=1S/C18H23N/c1-19-13-11-18(12-14-19)17-9-7-16(8-10-17)15-5-3-2-4-6-15/h7-13,15H,2-6,14H2,1H3. The third kappa shape index (κ3) is 2.91. The number of hydrogen-bond donors (Lipinski definition) is 0. The number of hydrogen-bond acceptors (Lipinski definition) is 1. The molecule has 1 aromatic rings. The van der Waals surface area contributed by atoms with E-state index in [1.54, 1.807) is 5.56 Å². The average molecular weight is 253 g/mol. The molecule has 1 saturated carbocycles. The molecule has 1 heterocycles. The van der Waals surface area contributed by atoms with Crippen LogP contribution in [0.2, 0.25) is 0 Å². The van der Waals surface area contributed by atoms with Crippen LogP contribution in [-0.4, -0.2) is 18.5 Å². The summed E-state index contributed by atoms with van der Waals surface area (Å²) in [5, 5.41) is 0. The highest BCUT2D eigenvalue weighted by molar-refractivity contribution is 5.74. The van der Waals surface area contributed by atoms with Crippen LogP contribution >= 0.6 is 0 Å². The Balaban J connectivity index is 1.74. The third-order valence-corrected chi connectivity index (χ3v) is 4.43. The zero-order valence-electron chi connectivity index (χ0n) is 11.8. The molecule has 0 saturated heterocycles. The Morgan fingerprint density at radius 1 is 1.00 bits per heavy atom. The second-order valence-electron chi connectivity index (χ2n) is 5.87. The van der Waals surface area contributed by atoms with Crippen molar-refractivity contribution >= 4 is 5.57 Å². The van der Waals surface area contributed by atoms with Crippen LogP contribution in [-0.2, 0) is 0 Å². The van der Waals surface area contributed by atoms with Crippen LogP contribution in [0.3, 0.4) is 0 Å². The predicted octanol–water partition coefficient (Wildman–Crippen LogP) is 4.58. The van der Waals surface area contributed by atoms with Gasteiger partial charge in [0.25, 0.3) is 0 Å². The predicted molar refractivity (Wildman–Crippen MR) is 82.0 cm³/mol. The second kappa shape index (κ2) is 5.64. The van der Waals surface area contributed by atoms with E-state index in [1.807, 2.05) is 0 Å². The lowest BCUT2D eigenvalue weighted by Crippen LogP contribution is -2.13. The number of nitrogens with zero attached hydrogens (tertiary/aromatic N) is 1. The van der Waals surface area contributed by atoms with Gasteiger partial charge in [0.2, 0.25) is 0 Å². The van der Waals surface area contributed by atoms with Crippen molar-refractivity contribution in [3.8, 4) is 0 Å². The zero-order chi connectivity index (χ0) is 13.1. The molecule has 1 aliphatic carbocycles. The Hall–Kier alpha value is -1.50. The minimum atomic E-state index is 0.810. The van der Waals surface area contributed by atoms with E-state index in [9.17, 15) is 0 Å². The Morgan fingerprint density at radius 3 is 2.37 bits per heavy atom. The number of likely N-dealkylation sites (N-methyl/N-ethyl adjacent to an activating group) is 1. The Morgan fingerprint density at radius 2 is 1.74 bits per heavy atom. The topological polar surface area (TPSA) is 3.24 Å². The van der Waals surface area contributed by atoms with Gasteiger partial charge in [0.05, 0.1) is 0 Å². The van der Waals surface area contributed by atoms with Gasteiger partial charge in [0.1, 0.15) is 0 Å². The van der Waals surface area contributed by atoms with Gasteiger partial charge in [-0.2, -0.15) is 0 Å². The monoisotopic (exact) mass is 253 g/mol. The Bertz CT molecular complexity index is 475. The maximum Gasteiger partial charge on any atom is 0.0359 e. The molecule has 1 fully saturated rings. The van der Waals surface area contributed by atoms with Crippen molar-refractivity contribution in [2.75, 3.05) is 13.6 Å². The summed E-state index contributed by atoms with van der Waals surface area (Å²) in [4.78, 5) is 2.19. The summed E-state index contributed by atoms with van der Waals surface area (Å²) in [5.74, 6) is 0.810. The minimum Gasteiger partial charge on any atom is -0.377 e. The van der Waals surface area contributed by atoms with Crippen LogP contribution in [0.4, 0.5) is 0 Å². The maximum atomic E-state index is 2.35. The molecule has 0 spiro atoms. The molecule has 3 rings (SSSR count). The van der Waals surface area contributed by atoms with Crippen LogP contribution < -0.4 is 0 Å². The molecule has 0 amide bonds. The van der Waals surface area contributed by atoms with E-state index in [0.717, 1.165) is 12.5 Å². The summed E-state index contributed by atoms with van der Waals surface area (Å²) in [6, 6.07) is 9.29. The molecule has 0 N–H and O–H groups in total. The summed E-state index contributed by atoms with van der Waals surface area (Å²) < 4.78 is 0. The fourth-order valence-electron chi connectivity index (χ4n) is 3.18. The number of rotatable bonds is 2. The SMILES string of the molecule is CN1C=CC(c2ccc(C3CCCCC3)cc2)=CC1. The van der Waals surface area contributed by atoms with Gasteiger partial charge in [-0.15, -0.1) is 0 Å². The van der Waals surface area contributed by atoms with Gasteiger partial charge in [-0.25, -0.2) is 0 Å². The fourth-order valence-corrected chi connectivity index (χ4v) is 3.18. The zero-order valence-corrected chi connectivity index (χ0v) is 11.8. The van der Waals surface area contributed by atoms with E-state index in [2.05, 4.69) is 54.6 Å². The van der Waals surface area contributed by atoms with Crippen molar-refractivity contribution in [2.24, 2.45) is 0 Å². The Labute approximate surface area is 116 Å². The first-order valence-electron chi connectivity index (χ1n) is 7.52. The van der Waals surface area contributed by atoms with Gasteiger partial charge in [0.15, 0.2) is 0 Å². The molecule has 0 radical (unpaired) electrons. The van der Waals surface area contributed by atoms with Crippen molar-refractivity contribution in [1.29, 1.82) is 0 Å². The van der Waals surface area contributed by atoms with Gasteiger partial charge in [-0.1, -0.05) is 49.6 Å². The molecule has 0 unspecified atom stereocenters. The maximum absolute atomic E-state index is 2.35. The fraction of sp³-hybridized carbons (Fsp3) is 0.444. The van der Waals surface area contributed by atoms with Gasteiger partial charge in [-0.05, 0) is 47.7 Å². The summed E-state index contributed by atoms with van der Waals surface area (Å²) in [6.07, 6.45) is 13.7. The van der Waals surface area contributed by atoms with Crippen LogP contribution in [0.25, 0.3) is 5.57 Å². The number of allylic oxidation sites excluding steroid dienone is 2. The van der Waals surface area contributed by atoms with Crippen LogP contribution in [0, 0.1) is 0 Å². The molecule has 0 atom stereocenters. The van der Waals surface area contributed by atoms with Gasteiger partial charge >= 0.3 is 0 Å². The molecule has 19 heavy (non-hydrogen) atoms. The summed E-state index contributed by atoms with van der Waals surface area (Å²) >= 11 is 0. The van der Waals surface area contributed by atoms with E-state index in [-0.39, 0.29) is 0 Å². The Kier molecular flexibility index (Phi) is 3.72. The molecule has 0 bridgehead atoms. The average Bonchev–Trinajstić information content (AvgIpc) is 2.49. The van der Waals surface area contributed by atoms with Crippen LogP contribution in [0.1, 0.15) is 49.1 Å². The summed E-state index contributed by atoms with van der Waals surface area (Å²) in [5.41, 5.74) is 4.25. The van der Waals surface area contributed by atoms with E-state index in [0.29, 0.717) is 0 Å². The van der Waals surface area contributed by atoms with E-state index >= 15 is 0 Å². The van der Waals surface area contributed by atoms with Crippen molar-refractivity contribution < 1.29 is 0 Å². The highest BCUT2D eigenvalue weighted by Crippen LogP contribution is 2.33. The molecule has 1 nitrogen and oxygen atoms in total. The second-order valence-corrected chi connectivity index (χ2v) is 5.87.